The number of nitro groups is 1. The molecule has 3 aromatic heterocycles. The number of halogens is 2. The number of nitrogens with zero attached hydrogens (tertiary/aromatic N) is 4. The molecule has 1 fully saturated rings. The summed E-state index contributed by atoms with van der Waals surface area (Å²) >= 11 is 0.836. The molecular formula is C18H16F2N6O4S. The van der Waals surface area contributed by atoms with Crippen LogP contribution < -0.4 is 11.1 Å². The number of hydrogen-bond acceptors (Lipinski definition) is 7. The summed E-state index contributed by atoms with van der Waals surface area (Å²) in [5.74, 6) is -1.41. The van der Waals surface area contributed by atoms with Crippen LogP contribution in [0.2, 0.25) is 0 Å². The zero-order valence-electron chi connectivity index (χ0n) is 16.1. The van der Waals surface area contributed by atoms with E-state index in [1.807, 2.05) is 0 Å². The second-order valence-corrected chi connectivity index (χ2v) is 8.16. The van der Waals surface area contributed by atoms with Crippen LogP contribution in [0.3, 0.4) is 0 Å². The van der Waals surface area contributed by atoms with E-state index in [1.165, 1.54) is 13.0 Å². The number of carbonyl (C=O) groups is 2. The van der Waals surface area contributed by atoms with Gasteiger partial charge in [0.25, 0.3) is 12.3 Å². The topological polar surface area (TPSA) is 146 Å². The van der Waals surface area contributed by atoms with Crippen LogP contribution in [0.5, 0.6) is 0 Å². The number of primary amides is 1. The van der Waals surface area contributed by atoms with E-state index in [0.717, 1.165) is 35.1 Å². The van der Waals surface area contributed by atoms with Crippen molar-refractivity contribution in [3.05, 3.63) is 44.2 Å². The lowest BCUT2D eigenvalue weighted by Crippen LogP contribution is -2.21. The number of nitrogens with two attached hydrogens (primary N) is 1. The lowest BCUT2D eigenvalue weighted by atomic mass is 10.0. The van der Waals surface area contributed by atoms with E-state index in [1.54, 1.807) is 0 Å². The zero-order valence-corrected chi connectivity index (χ0v) is 16.9. The van der Waals surface area contributed by atoms with Crippen molar-refractivity contribution in [1.82, 2.24) is 14.8 Å². The van der Waals surface area contributed by atoms with Crippen molar-refractivity contribution < 1.29 is 23.3 Å². The van der Waals surface area contributed by atoms with Crippen LogP contribution in [-0.2, 0) is 11.3 Å². The fourth-order valence-corrected chi connectivity index (χ4v) is 4.38. The number of aryl methyl sites for hydroxylation is 1. The molecule has 2 amide bonds. The minimum atomic E-state index is -2.78. The molecule has 4 rings (SSSR count). The van der Waals surface area contributed by atoms with Gasteiger partial charge in [-0.25, -0.2) is 13.8 Å². The van der Waals surface area contributed by atoms with E-state index < -0.39 is 28.9 Å². The molecular weight excluding hydrogens is 434 g/mol. The molecule has 0 spiro atoms. The highest BCUT2D eigenvalue weighted by Gasteiger charge is 2.32. The highest BCUT2D eigenvalue weighted by Crippen LogP contribution is 2.48. The predicted octanol–water partition coefficient (Wildman–Crippen LogP) is 3.26. The number of rotatable bonds is 7. The molecule has 0 atom stereocenters. The van der Waals surface area contributed by atoms with Crippen LogP contribution in [0, 0.1) is 17.0 Å². The Kier molecular flexibility index (Phi) is 5.13. The third-order valence-electron chi connectivity index (χ3n) is 4.86. The second-order valence-electron chi connectivity index (χ2n) is 7.16. The van der Waals surface area contributed by atoms with Crippen molar-refractivity contribution in [1.29, 1.82) is 0 Å². The number of pyridine rings is 1. The Balaban J connectivity index is 1.73. The van der Waals surface area contributed by atoms with E-state index in [-0.39, 0.29) is 39.2 Å². The molecule has 10 nitrogen and oxygen atoms in total. The average Bonchev–Trinajstić information content (AvgIpc) is 3.37. The average molecular weight is 450 g/mol. The fourth-order valence-electron chi connectivity index (χ4n) is 3.36. The third-order valence-corrected chi connectivity index (χ3v) is 5.96. The van der Waals surface area contributed by atoms with Gasteiger partial charge in [0.2, 0.25) is 5.91 Å². The highest BCUT2D eigenvalue weighted by molar-refractivity contribution is 7.21. The number of alkyl halides is 2. The SMILES string of the molecule is Cc1nn(CC(=O)Nc2c(C(N)=O)sc3nc(C(F)F)cc(C4CC4)c23)cc1[N+](=O)[O-]. The van der Waals surface area contributed by atoms with Gasteiger partial charge in [-0.3, -0.25) is 24.4 Å². The summed E-state index contributed by atoms with van der Waals surface area (Å²) in [6.45, 7) is 1.09. The predicted molar refractivity (Wildman–Crippen MR) is 107 cm³/mol. The van der Waals surface area contributed by atoms with Gasteiger partial charge in [0.1, 0.15) is 33.8 Å². The molecule has 31 heavy (non-hydrogen) atoms. The van der Waals surface area contributed by atoms with Gasteiger partial charge >= 0.3 is 5.69 Å². The molecule has 3 aromatic rings. The van der Waals surface area contributed by atoms with Gasteiger partial charge in [0.05, 0.1) is 10.6 Å². The van der Waals surface area contributed by atoms with E-state index in [4.69, 9.17) is 5.73 Å². The summed E-state index contributed by atoms with van der Waals surface area (Å²) in [4.78, 5) is 39.1. The molecule has 162 valence electrons. The molecule has 1 saturated carbocycles. The van der Waals surface area contributed by atoms with Crippen molar-refractivity contribution in [2.45, 2.75) is 38.7 Å². The van der Waals surface area contributed by atoms with Crippen LogP contribution in [-0.4, -0.2) is 31.5 Å². The van der Waals surface area contributed by atoms with Crippen molar-refractivity contribution in [3.8, 4) is 0 Å². The molecule has 3 N–H and O–H groups in total. The fraction of sp³-hybridized carbons (Fsp3) is 0.333. The van der Waals surface area contributed by atoms with Gasteiger partial charge in [0, 0.05) is 5.39 Å². The summed E-state index contributed by atoms with van der Waals surface area (Å²) < 4.78 is 27.7. The van der Waals surface area contributed by atoms with Gasteiger partial charge < -0.3 is 11.1 Å². The van der Waals surface area contributed by atoms with E-state index in [9.17, 15) is 28.5 Å². The number of carbonyl (C=O) groups excluding carboxylic acids is 2. The number of nitrogens with one attached hydrogen (secondary N) is 1. The lowest BCUT2D eigenvalue weighted by Gasteiger charge is -2.10. The number of hydrogen-bond donors (Lipinski definition) is 2. The number of anilines is 1. The minimum Gasteiger partial charge on any atom is -0.365 e. The van der Waals surface area contributed by atoms with Crippen LogP contribution in [0.15, 0.2) is 12.3 Å². The summed E-state index contributed by atoms with van der Waals surface area (Å²) in [5, 5.41) is 17.9. The molecule has 13 heteroatoms. The second kappa shape index (κ2) is 7.65. The molecule has 0 saturated heterocycles. The monoisotopic (exact) mass is 450 g/mol. The zero-order chi connectivity index (χ0) is 22.4. The Morgan fingerprint density at radius 2 is 2.16 bits per heavy atom. The molecule has 1 aliphatic carbocycles. The van der Waals surface area contributed by atoms with Gasteiger partial charge in [0.15, 0.2) is 0 Å². The standard InChI is InChI=1S/C18H16F2N6O4S/c1-7-11(26(29)30)5-25(24-7)6-12(27)23-14-13-9(8-2-3-8)4-10(16(19)20)22-18(13)31-15(14)17(21)28/h4-5,8,16H,2-3,6H2,1H3,(H2,21,28)(H,23,27). The largest absolute Gasteiger partial charge is 0.365 e. The Bertz CT molecular complexity index is 1230. The first-order valence-electron chi connectivity index (χ1n) is 9.19. The summed E-state index contributed by atoms with van der Waals surface area (Å²) in [6.07, 6.45) is -0.0555. The number of amides is 2. The molecule has 0 unspecified atom stereocenters. The summed E-state index contributed by atoms with van der Waals surface area (Å²) in [7, 11) is 0. The minimum absolute atomic E-state index is 0.00760. The van der Waals surface area contributed by atoms with E-state index >= 15 is 0 Å². The Hall–Kier alpha value is -3.48. The normalized spacial score (nSPS) is 13.7. The molecule has 0 aliphatic heterocycles. The van der Waals surface area contributed by atoms with Gasteiger partial charge in [-0.15, -0.1) is 11.3 Å². The summed E-state index contributed by atoms with van der Waals surface area (Å²) in [6, 6.07) is 1.30. The van der Waals surface area contributed by atoms with Crippen LogP contribution in [0.4, 0.5) is 20.2 Å². The lowest BCUT2D eigenvalue weighted by molar-refractivity contribution is -0.385. The smallest absolute Gasteiger partial charge is 0.309 e. The first-order chi connectivity index (χ1) is 14.7. The molecule has 1 aliphatic rings. The first kappa shape index (κ1) is 20.8. The molecule has 3 heterocycles. The Labute approximate surface area is 177 Å². The van der Waals surface area contributed by atoms with Gasteiger partial charge in [-0.1, -0.05) is 0 Å². The number of aromatic nitrogens is 3. The highest BCUT2D eigenvalue weighted by atomic mass is 32.1. The van der Waals surface area contributed by atoms with Gasteiger partial charge in [-0.05, 0) is 37.3 Å². The van der Waals surface area contributed by atoms with E-state index in [2.05, 4.69) is 15.4 Å². The van der Waals surface area contributed by atoms with Crippen molar-refractivity contribution in [2.24, 2.45) is 5.73 Å². The number of fused-ring (bicyclic) bond motifs is 1. The first-order valence-corrected chi connectivity index (χ1v) is 10.0. The van der Waals surface area contributed by atoms with E-state index in [0.29, 0.717) is 10.9 Å². The molecule has 0 aromatic carbocycles. The molecule has 0 radical (unpaired) electrons. The van der Waals surface area contributed by atoms with Crippen molar-refractivity contribution >= 4 is 44.7 Å². The van der Waals surface area contributed by atoms with Gasteiger partial charge in [-0.2, -0.15) is 5.10 Å². The maximum absolute atomic E-state index is 13.3. The van der Waals surface area contributed by atoms with Crippen LogP contribution >= 0.6 is 11.3 Å². The Morgan fingerprint density at radius 3 is 2.71 bits per heavy atom. The third kappa shape index (κ3) is 3.95. The number of thiophene rings is 1. The van der Waals surface area contributed by atoms with Crippen molar-refractivity contribution in [3.63, 3.8) is 0 Å². The maximum Gasteiger partial charge on any atom is 0.309 e. The van der Waals surface area contributed by atoms with Crippen molar-refractivity contribution in [2.75, 3.05) is 5.32 Å². The summed E-state index contributed by atoms with van der Waals surface area (Å²) in [5.41, 5.74) is 5.68. The maximum atomic E-state index is 13.3. The molecule has 0 bridgehead atoms. The van der Waals surface area contributed by atoms with Crippen LogP contribution in [0.25, 0.3) is 10.2 Å². The van der Waals surface area contributed by atoms with Crippen LogP contribution in [0.1, 0.15) is 51.8 Å². The Morgan fingerprint density at radius 1 is 1.45 bits per heavy atom. The quantitative estimate of drug-likeness (QED) is 0.417.